The largest absolute Gasteiger partial charge is 0.507 e. The zero-order valence-corrected chi connectivity index (χ0v) is 12.0. The van der Waals surface area contributed by atoms with Crippen LogP contribution in [0.5, 0.6) is 5.75 Å². The lowest BCUT2D eigenvalue weighted by Gasteiger charge is -2.26. The summed E-state index contributed by atoms with van der Waals surface area (Å²) in [6, 6.07) is 4.86. The first-order valence-electron chi connectivity index (χ1n) is 5.37. The summed E-state index contributed by atoms with van der Waals surface area (Å²) >= 11 is 2.09. The van der Waals surface area contributed by atoms with Crippen molar-refractivity contribution in [3.63, 3.8) is 0 Å². The highest BCUT2D eigenvalue weighted by Crippen LogP contribution is 2.22. The monoisotopic (exact) mass is 349 g/mol. The van der Waals surface area contributed by atoms with Crippen molar-refractivity contribution in [2.24, 2.45) is 0 Å². The molecule has 0 aliphatic rings. The molecule has 0 aliphatic carbocycles. The van der Waals surface area contributed by atoms with Crippen molar-refractivity contribution in [3.05, 3.63) is 27.3 Å². The summed E-state index contributed by atoms with van der Waals surface area (Å²) in [6.45, 7) is 3.92. The molecule has 1 aromatic rings. The normalized spacial score (nSPS) is 10.6. The van der Waals surface area contributed by atoms with E-state index in [1.807, 2.05) is 13.8 Å². The number of benzene rings is 1. The van der Waals surface area contributed by atoms with Gasteiger partial charge in [0.2, 0.25) is 0 Å². The molecule has 2 N–H and O–H groups in total. The van der Waals surface area contributed by atoms with Crippen LogP contribution < -0.4 is 0 Å². The molecule has 0 spiro atoms. The van der Waals surface area contributed by atoms with Gasteiger partial charge in [0, 0.05) is 16.2 Å². The number of phenols is 1. The van der Waals surface area contributed by atoms with E-state index in [2.05, 4.69) is 22.6 Å². The fourth-order valence-electron chi connectivity index (χ4n) is 1.54. The summed E-state index contributed by atoms with van der Waals surface area (Å²) < 4.78 is 0.886. The number of phenolic OH excluding ortho intramolecular Hbond substituents is 1. The van der Waals surface area contributed by atoms with Crippen molar-refractivity contribution in [2.45, 2.75) is 19.9 Å². The Morgan fingerprint density at radius 2 is 2.12 bits per heavy atom. The van der Waals surface area contributed by atoms with E-state index in [9.17, 15) is 9.90 Å². The molecule has 0 aliphatic heterocycles. The third-order valence-electron chi connectivity index (χ3n) is 2.41. The standard InChI is InChI=1S/C12H16INO3/c1-8(2)14(5-6-15)12(17)10-7-9(13)3-4-11(10)16/h3-4,7-8,15-16H,5-6H2,1-2H3. The topological polar surface area (TPSA) is 60.8 Å². The van der Waals surface area contributed by atoms with Crippen LogP contribution >= 0.6 is 22.6 Å². The molecule has 1 amide bonds. The summed E-state index contributed by atoms with van der Waals surface area (Å²) in [6.07, 6.45) is 0. The molecule has 0 saturated heterocycles. The van der Waals surface area contributed by atoms with Gasteiger partial charge >= 0.3 is 0 Å². The summed E-state index contributed by atoms with van der Waals surface area (Å²) in [5.74, 6) is -0.288. The zero-order valence-electron chi connectivity index (χ0n) is 9.85. The highest BCUT2D eigenvalue weighted by atomic mass is 127. The molecule has 0 unspecified atom stereocenters. The van der Waals surface area contributed by atoms with Crippen LogP contribution in [0.3, 0.4) is 0 Å². The lowest BCUT2D eigenvalue weighted by molar-refractivity contribution is 0.0662. The van der Waals surface area contributed by atoms with Gasteiger partial charge in [-0.3, -0.25) is 4.79 Å². The molecule has 1 rings (SSSR count). The van der Waals surface area contributed by atoms with Gasteiger partial charge in [0.15, 0.2) is 0 Å². The van der Waals surface area contributed by atoms with Crippen LogP contribution in [0.25, 0.3) is 0 Å². The first-order chi connectivity index (χ1) is 7.97. The Bertz CT molecular complexity index is 407. The van der Waals surface area contributed by atoms with Gasteiger partial charge in [0.05, 0.1) is 12.2 Å². The average Bonchev–Trinajstić information content (AvgIpc) is 2.28. The van der Waals surface area contributed by atoms with E-state index in [0.29, 0.717) is 0 Å². The number of hydrogen-bond donors (Lipinski definition) is 2. The van der Waals surface area contributed by atoms with Crippen molar-refractivity contribution >= 4 is 28.5 Å². The maximum absolute atomic E-state index is 12.2. The molecular weight excluding hydrogens is 333 g/mol. The quantitative estimate of drug-likeness (QED) is 0.816. The van der Waals surface area contributed by atoms with Crippen LogP contribution in [0, 0.1) is 3.57 Å². The van der Waals surface area contributed by atoms with Crippen molar-refractivity contribution in [2.75, 3.05) is 13.2 Å². The van der Waals surface area contributed by atoms with Crippen LogP contribution in [0.4, 0.5) is 0 Å². The summed E-state index contributed by atoms with van der Waals surface area (Å²) in [5, 5.41) is 18.6. The smallest absolute Gasteiger partial charge is 0.257 e. The first-order valence-corrected chi connectivity index (χ1v) is 6.45. The van der Waals surface area contributed by atoms with Gasteiger partial charge in [-0.05, 0) is 54.6 Å². The highest BCUT2D eigenvalue weighted by molar-refractivity contribution is 14.1. The van der Waals surface area contributed by atoms with Gasteiger partial charge in [0.1, 0.15) is 5.75 Å². The fraction of sp³-hybridized carbons (Fsp3) is 0.417. The molecule has 0 saturated carbocycles. The molecule has 0 fully saturated rings. The molecule has 94 valence electrons. The Balaban J connectivity index is 3.04. The summed E-state index contributed by atoms with van der Waals surface area (Å²) in [5.41, 5.74) is 0.277. The molecule has 0 bridgehead atoms. The van der Waals surface area contributed by atoms with Crippen LogP contribution in [0.1, 0.15) is 24.2 Å². The van der Waals surface area contributed by atoms with E-state index < -0.39 is 0 Å². The minimum Gasteiger partial charge on any atom is -0.507 e. The summed E-state index contributed by atoms with van der Waals surface area (Å²) in [4.78, 5) is 13.7. The second-order valence-electron chi connectivity index (χ2n) is 3.98. The van der Waals surface area contributed by atoms with E-state index in [0.717, 1.165) is 3.57 Å². The molecule has 0 aromatic heterocycles. The number of amides is 1. The Morgan fingerprint density at radius 3 is 2.65 bits per heavy atom. The molecule has 17 heavy (non-hydrogen) atoms. The Morgan fingerprint density at radius 1 is 1.47 bits per heavy atom. The lowest BCUT2D eigenvalue weighted by atomic mass is 10.1. The maximum Gasteiger partial charge on any atom is 0.257 e. The third-order valence-corrected chi connectivity index (χ3v) is 3.09. The van der Waals surface area contributed by atoms with E-state index >= 15 is 0 Å². The fourth-order valence-corrected chi connectivity index (χ4v) is 2.03. The van der Waals surface area contributed by atoms with Gasteiger partial charge < -0.3 is 15.1 Å². The summed E-state index contributed by atoms with van der Waals surface area (Å²) in [7, 11) is 0. The van der Waals surface area contributed by atoms with Gasteiger partial charge in [0.25, 0.3) is 5.91 Å². The maximum atomic E-state index is 12.2. The van der Waals surface area contributed by atoms with Gasteiger partial charge in [-0.15, -0.1) is 0 Å². The molecule has 5 heteroatoms. The van der Waals surface area contributed by atoms with Crippen LogP contribution in [-0.2, 0) is 0 Å². The van der Waals surface area contributed by atoms with Crippen molar-refractivity contribution in [1.82, 2.24) is 4.90 Å². The number of hydrogen-bond acceptors (Lipinski definition) is 3. The number of nitrogens with zero attached hydrogens (tertiary/aromatic N) is 1. The Hall–Kier alpha value is -0.820. The Labute approximate surface area is 114 Å². The van der Waals surface area contributed by atoms with E-state index in [4.69, 9.17) is 5.11 Å². The van der Waals surface area contributed by atoms with Crippen molar-refractivity contribution in [1.29, 1.82) is 0 Å². The SMILES string of the molecule is CC(C)N(CCO)C(=O)c1cc(I)ccc1O. The number of rotatable bonds is 4. The number of aliphatic hydroxyl groups is 1. The number of halogens is 1. The number of carbonyl (C=O) groups is 1. The second kappa shape index (κ2) is 6.20. The zero-order chi connectivity index (χ0) is 13.0. The lowest BCUT2D eigenvalue weighted by Crippen LogP contribution is -2.39. The van der Waals surface area contributed by atoms with E-state index in [-0.39, 0.29) is 36.4 Å². The number of aliphatic hydroxyl groups excluding tert-OH is 1. The predicted octanol–water partition coefficient (Wildman–Crippen LogP) is 1.84. The molecule has 0 radical (unpaired) electrons. The minimum atomic E-state index is -0.259. The number of aromatic hydroxyl groups is 1. The third kappa shape index (κ3) is 3.57. The average molecular weight is 349 g/mol. The van der Waals surface area contributed by atoms with Crippen molar-refractivity contribution in [3.8, 4) is 5.75 Å². The number of carbonyl (C=O) groups excluding carboxylic acids is 1. The Kier molecular flexibility index (Phi) is 5.20. The van der Waals surface area contributed by atoms with E-state index in [1.165, 1.54) is 11.0 Å². The van der Waals surface area contributed by atoms with Gasteiger partial charge in [-0.2, -0.15) is 0 Å². The molecule has 0 atom stereocenters. The van der Waals surface area contributed by atoms with Crippen LogP contribution in [-0.4, -0.2) is 40.2 Å². The second-order valence-corrected chi connectivity index (χ2v) is 5.22. The highest BCUT2D eigenvalue weighted by Gasteiger charge is 2.21. The predicted molar refractivity (Wildman–Crippen MR) is 74.1 cm³/mol. The molecule has 1 aromatic carbocycles. The molecule has 0 heterocycles. The first kappa shape index (κ1) is 14.2. The van der Waals surface area contributed by atoms with Crippen molar-refractivity contribution < 1.29 is 15.0 Å². The molecule has 4 nitrogen and oxygen atoms in total. The molecular formula is C12H16INO3. The van der Waals surface area contributed by atoms with Gasteiger partial charge in [-0.1, -0.05) is 0 Å². The minimum absolute atomic E-state index is 0.0214. The van der Waals surface area contributed by atoms with E-state index in [1.54, 1.807) is 12.1 Å². The van der Waals surface area contributed by atoms with Gasteiger partial charge in [-0.25, -0.2) is 0 Å². The van der Waals surface area contributed by atoms with Crippen LogP contribution in [0.15, 0.2) is 18.2 Å². The van der Waals surface area contributed by atoms with Crippen LogP contribution in [0.2, 0.25) is 0 Å².